The molecule has 2 aromatic heterocycles. The molecule has 1 aliphatic rings. The van der Waals surface area contributed by atoms with E-state index in [4.69, 9.17) is 0 Å². The normalized spacial score (nSPS) is 15.5. The fourth-order valence-electron chi connectivity index (χ4n) is 3.86. The number of nitrogens with zero attached hydrogens (tertiary/aromatic N) is 5. The molecule has 1 atom stereocenters. The van der Waals surface area contributed by atoms with Gasteiger partial charge in [0.1, 0.15) is 17.5 Å². The zero-order valence-electron chi connectivity index (χ0n) is 16.4. The van der Waals surface area contributed by atoms with Crippen molar-refractivity contribution in [2.45, 2.75) is 19.3 Å². The summed E-state index contributed by atoms with van der Waals surface area (Å²) in [4.78, 5) is 17.0. The Hall–Kier alpha value is -4.01. The van der Waals surface area contributed by atoms with Crippen molar-refractivity contribution in [3.05, 3.63) is 83.2 Å². The molecule has 0 bridgehead atoms. The van der Waals surface area contributed by atoms with Crippen LogP contribution >= 0.6 is 0 Å². The zero-order valence-corrected chi connectivity index (χ0v) is 16.4. The van der Waals surface area contributed by atoms with Crippen molar-refractivity contribution in [1.29, 1.82) is 0 Å². The van der Waals surface area contributed by atoms with Crippen molar-refractivity contribution < 1.29 is 13.6 Å². The Labute approximate surface area is 175 Å². The second-order valence-electron chi connectivity index (χ2n) is 7.23. The number of aryl methyl sites for hydroxylation is 1. The highest BCUT2D eigenvalue weighted by Gasteiger charge is 2.34. The Balaban J connectivity index is 1.63. The molecule has 4 aromatic rings. The number of hydrogen-bond acceptors (Lipinski definition) is 5. The predicted molar refractivity (Wildman–Crippen MR) is 109 cm³/mol. The highest BCUT2D eigenvalue weighted by atomic mass is 19.1. The Morgan fingerprint density at radius 3 is 2.65 bits per heavy atom. The van der Waals surface area contributed by atoms with Crippen LogP contribution in [0.1, 0.15) is 29.2 Å². The third-order valence-electron chi connectivity index (χ3n) is 5.26. The minimum absolute atomic E-state index is 0.106. The van der Waals surface area contributed by atoms with Gasteiger partial charge in [-0.05, 0) is 42.8 Å². The van der Waals surface area contributed by atoms with Crippen LogP contribution in [0, 0.1) is 18.6 Å². The van der Waals surface area contributed by atoms with Crippen LogP contribution in [0.2, 0.25) is 0 Å². The van der Waals surface area contributed by atoms with Gasteiger partial charge in [-0.3, -0.25) is 4.79 Å². The van der Waals surface area contributed by atoms with Gasteiger partial charge in [-0.2, -0.15) is 14.9 Å². The van der Waals surface area contributed by atoms with Crippen LogP contribution in [0.4, 0.5) is 14.6 Å². The fourth-order valence-corrected chi connectivity index (χ4v) is 3.86. The number of hydrogen-bond donors (Lipinski definition) is 1. The molecule has 0 radical (unpaired) electrons. The van der Waals surface area contributed by atoms with Crippen molar-refractivity contribution in [2.75, 3.05) is 5.32 Å². The van der Waals surface area contributed by atoms with Crippen molar-refractivity contribution in [2.24, 2.45) is 0 Å². The van der Waals surface area contributed by atoms with Gasteiger partial charge in [0.2, 0.25) is 5.91 Å². The van der Waals surface area contributed by atoms with Gasteiger partial charge in [-0.15, -0.1) is 5.10 Å². The summed E-state index contributed by atoms with van der Waals surface area (Å²) in [5.74, 6) is -0.946. The number of nitrogens with one attached hydrogen (secondary N) is 1. The molecule has 9 heteroatoms. The predicted octanol–water partition coefficient (Wildman–Crippen LogP) is 3.79. The summed E-state index contributed by atoms with van der Waals surface area (Å²) in [5, 5.41) is 15.4. The molecule has 0 unspecified atom stereocenters. The lowest BCUT2D eigenvalue weighted by Gasteiger charge is -2.24. The topological polar surface area (TPSA) is 85.6 Å². The number of benzene rings is 2. The molecule has 0 saturated heterocycles. The number of carbonyl (C=O) groups is 1. The minimum atomic E-state index is -0.480. The fraction of sp³-hybridized carbons (Fsp3) is 0.136. The molecule has 7 nitrogen and oxygen atoms in total. The number of halogens is 2. The Kier molecular flexibility index (Phi) is 4.50. The van der Waals surface area contributed by atoms with Crippen LogP contribution in [0.3, 0.4) is 0 Å². The first-order valence-corrected chi connectivity index (χ1v) is 9.61. The monoisotopic (exact) mass is 418 g/mol. The molecule has 2 aromatic carbocycles. The smallest absolute Gasteiger partial charge is 0.272 e. The maximum Gasteiger partial charge on any atom is 0.272 e. The van der Waals surface area contributed by atoms with Crippen LogP contribution in [0.5, 0.6) is 0 Å². The Morgan fingerprint density at radius 2 is 1.87 bits per heavy atom. The van der Waals surface area contributed by atoms with E-state index in [9.17, 15) is 13.6 Å². The molecule has 5 rings (SSSR count). The quantitative estimate of drug-likeness (QED) is 0.547. The number of anilines is 1. The average molecular weight is 418 g/mol. The maximum absolute atomic E-state index is 14.5. The highest BCUT2D eigenvalue weighted by Crippen LogP contribution is 2.40. The van der Waals surface area contributed by atoms with E-state index in [2.05, 4.69) is 25.6 Å². The molecule has 0 aliphatic carbocycles. The molecular formula is C22H16F2N6O. The number of aromatic nitrogens is 5. The van der Waals surface area contributed by atoms with Gasteiger partial charge in [0.15, 0.2) is 0 Å². The second kappa shape index (κ2) is 7.35. The average Bonchev–Trinajstić information content (AvgIpc) is 3.10. The number of fused-ring (bicyclic) bond motifs is 1. The van der Waals surface area contributed by atoms with E-state index in [-0.39, 0.29) is 29.9 Å². The highest BCUT2D eigenvalue weighted by molar-refractivity contribution is 5.95. The summed E-state index contributed by atoms with van der Waals surface area (Å²) in [6, 6.07) is 12.2. The van der Waals surface area contributed by atoms with Gasteiger partial charge in [0, 0.05) is 23.5 Å². The summed E-state index contributed by atoms with van der Waals surface area (Å²) in [6.07, 6.45) is 1.56. The summed E-state index contributed by atoms with van der Waals surface area (Å²) >= 11 is 0. The van der Waals surface area contributed by atoms with Crippen molar-refractivity contribution in [3.63, 3.8) is 0 Å². The molecule has 1 amide bonds. The van der Waals surface area contributed by atoms with Gasteiger partial charge in [0.25, 0.3) is 5.95 Å². The molecule has 0 spiro atoms. The standard InChI is InChI=1S/C22H16F2N6O/c1-12-20-16(15-4-2-3-5-17(15)24)10-19(31)27-21(20)30(29-12)22-26-18(11-25-28-22)13-6-8-14(23)9-7-13/h2-9,11,16H,10H2,1H3,(H,27,31)/t16-/m0/s1. The van der Waals surface area contributed by atoms with E-state index in [1.807, 2.05) is 0 Å². The van der Waals surface area contributed by atoms with E-state index in [0.717, 1.165) is 0 Å². The molecule has 0 saturated carbocycles. The second-order valence-corrected chi connectivity index (χ2v) is 7.23. The molecule has 154 valence electrons. The lowest BCUT2D eigenvalue weighted by atomic mass is 9.85. The zero-order chi connectivity index (χ0) is 21.5. The molecule has 1 aliphatic heterocycles. The van der Waals surface area contributed by atoms with Crippen molar-refractivity contribution in [1.82, 2.24) is 25.0 Å². The van der Waals surface area contributed by atoms with Gasteiger partial charge in [-0.25, -0.2) is 13.8 Å². The first kappa shape index (κ1) is 19.0. The van der Waals surface area contributed by atoms with Gasteiger partial charge in [0.05, 0.1) is 17.6 Å². The van der Waals surface area contributed by atoms with Crippen LogP contribution < -0.4 is 5.32 Å². The van der Waals surface area contributed by atoms with Crippen molar-refractivity contribution >= 4 is 11.7 Å². The maximum atomic E-state index is 14.5. The van der Waals surface area contributed by atoms with Gasteiger partial charge < -0.3 is 5.32 Å². The third-order valence-corrected chi connectivity index (χ3v) is 5.26. The summed E-state index contributed by atoms with van der Waals surface area (Å²) in [5.41, 5.74) is 2.89. The van der Waals surface area contributed by atoms with E-state index in [1.54, 1.807) is 37.3 Å². The molecule has 31 heavy (non-hydrogen) atoms. The molecular weight excluding hydrogens is 402 g/mol. The Morgan fingerprint density at radius 1 is 1.10 bits per heavy atom. The van der Waals surface area contributed by atoms with E-state index < -0.39 is 5.92 Å². The van der Waals surface area contributed by atoms with E-state index in [1.165, 1.54) is 29.1 Å². The summed E-state index contributed by atoms with van der Waals surface area (Å²) in [7, 11) is 0. The first-order chi connectivity index (χ1) is 15.0. The third kappa shape index (κ3) is 3.33. The van der Waals surface area contributed by atoms with E-state index in [0.29, 0.717) is 33.9 Å². The lowest BCUT2D eigenvalue weighted by molar-refractivity contribution is -0.116. The number of rotatable bonds is 3. The van der Waals surface area contributed by atoms with Crippen molar-refractivity contribution in [3.8, 4) is 17.2 Å². The van der Waals surface area contributed by atoms with Crippen LogP contribution in [-0.2, 0) is 4.79 Å². The van der Waals surface area contributed by atoms with Crippen LogP contribution in [0.25, 0.3) is 17.2 Å². The van der Waals surface area contributed by atoms with Crippen LogP contribution in [-0.4, -0.2) is 30.9 Å². The van der Waals surface area contributed by atoms with Gasteiger partial charge >= 0.3 is 0 Å². The SMILES string of the molecule is Cc1nn(-c2nncc(-c3ccc(F)cc3)n2)c2c1[C@H](c1ccccc1F)CC(=O)N2. The summed E-state index contributed by atoms with van der Waals surface area (Å²) < 4.78 is 29.2. The summed E-state index contributed by atoms with van der Waals surface area (Å²) in [6.45, 7) is 1.79. The van der Waals surface area contributed by atoms with Crippen LogP contribution in [0.15, 0.2) is 54.7 Å². The number of amides is 1. The molecule has 1 N–H and O–H groups in total. The van der Waals surface area contributed by atoms with E-state index >= 15 is 0 Å². The number of carbonyl (C=O) groups excluding carboxylic acids is 1. The Bertz CT molecular complexity index is 1300. The first-order valence-electron chi connectivity index (χ1n) is 9.61. The molecule has 0 fully saturated rings. The lowest BCUT2D eigenvalue weighted by Crippen LogP contribution is -2.25. The van der Waals surface area contributed by atoms with Gasteiger partial charge in [-0.1, -0.05) is 18.2 Å². The minimum Gasteiger partial charge on any atom is -0.310 e. The largest absolute Gasteiger partial charge is 0.310 e. The molecule has 3 heterocycles.